The number of nitrogen functional groups attached to an aromatic ring is 1. The highest BCUT2D eigenvalue weighted by Crippen LogP contribution is 2.30. The van der Waals surface area contributed by atoms with Crippen LogP contribution in [0, 0.1) is 20.8 Å². The summed E-state index contributed by atoms with van der Waals surface area (Å²) < 4.78 is 0. The Kier molecular flexibility index (Phi) is 4.07. The lowest BCUT2D eigenvalue weighted by atomic mass is 10.3. The number of nitrogens with zero attached hydrogens (tertiary/aromatic N) is 4. The Morgan fingerprint density at radius 1 is 1.00 bits per heavy atom. The molecule has 0 fully saturated rings. The van der Waals surface area contributed by atoms with Crippen LogP contribution in [0.4, 0.5) is 28.3 Å². The summed E-state index contributed by atoms with van der Waals surface area (Å²) in [6, 6.07) is 3.84. The van der Waals surface area contributed by atoms with E-state index >= 15 is 0 Å². The zero-order chi connectivity index (χ0) is 16.4. The van der Waals surface area contributed by atoms with Crippen molar-refractivity contribution in [2.24, 2.45) is 0 Å². The number of hydrogen-bond donors (Lipinski definition) is 3. The SMILES string of the molecule is Cc1cccnc1Nc1ncnc(Nc2nc(C)c(C)s2)c1N. The van der Waals surface area contributed by atoms with Crippen molar-refractivity contribution in [1.82, 2.24) is 19.9 Å². The molecule has 0 amide bonds. The minimum absolute atomic E-state index is 0.419. The number of hydrogen-bond acceptors (Lipinski definition) is 8. The summed E-state index contributed by atoms with van der Waals surface area (Å²) in [5, 5.41) is 7.04. The molecule has 3 rings (SSSR count). The number of nitrogens with one attached hydrogen (secondary N) is 2. The Hall–Kier alpha value is -2.74. The maximum atomic E-state index is 6.17. The van der Waals surface area contributed by atoms with Gasteiger partial charge in [-0.25, -0.2) is 19.9 Å². The lowest BCUT2D eigenvalue weighted by molar-refractivity contribution is 1.15. The normalized spacial score (nSPS) is 10.6. The molecular formula is C15H17N7S. The van der Waals surface area contributed by atoms with E-state index in [0.29, 0.717) is 23.1 Å². The molecule has 0 radical (unpaired) electrons. The maximum Gasteiger partial charge on any atom is 0.188 e. The lowest BCUT2D eigenvalue weighted by Crippen LogP contribution is -2.06. The average Bonchev–Trinajstić information content (AvgIpc) is 2.84. The standard InChI is InChI=1S/C15H17N7S/c1-8-5-4-6-17-12(8)21-13-11(16)14(19-7-18-13)22-15-20-9(2)10(3)23-15/h4-7H,16H2,1-3H3,(H2,17,18,19,20,21,22). The lowest BCUT2D eigenvalue weighted by Gasteiger charge is -2.12. The van der Waals surface area contributed by atoms with Crippen molar-refractivity contribution in [3.8, 4) is 0 Å². The Balaban J connectivity index is 1.88. The van der Waals surface area contributed by atoms with E-state index in [2.05, 4.69) is 30.6 Å². The Morgan fingerprint density at radius 3 is 2.39 bits per heavy atom. The van der Waals surface area contributed by atoms with E-state index in [0.717, 1.165) is 21.3 Å². The zero-order valence-corrected chi connectivity index (χ0v) is 13.9. The van der Waals surface area contributed by atoms with Crippen LogP contribution in [0.3, 0.4) is 0 Å². The molecule has 0 atom stereocenters. The number of anilines is 5. The number of nitrogens with two attached hydrogens (primary N) is 1. The van der Waals surface area contributed by atoms with Crippen LogP contribution in [0.25, 0.3) is 0 Å². The van der Waals surface area contributed by atoms with Crippen molar-refractivity contribution < 1.29 is 0 Å². The minimum Gasteiger partial charge on any atom is -0.393 e. The van der Waals surface area contributed by atoms with Crippen molar-refractivity contribution in [3.63, 3.8) is 0 Å². The third-order valence-corrected chi connectivity index (χ3v) is 4.37. The first-order chi connectivity index (χ1) is 11.0. The predicted molar refractivity (Wildman–Crippen MR) is 93.6 cm³/mol. The summed E-state index contributed by atoms with van der Waals surface area (Å²) in [5.74, 6) is 1.74. The fourth-order valence-electron chi connectivity index (χ4n) is 1.95. The maximum absolute atomic E-state index is 6.17. The van der Waals surface area contributed by atoms with Crippen LogP contribution in [0.1, 0.15) is 16.1 Å². The molecule has 118 valence electrons. The molecule has 3 aromatic rings. The highest BCUT2D eigenvalue weighted by molar-refractivity contribution is 7.15. The van der Waals surface area contributed by atoms with Crippen molar-refractivity contribution in [3.05, 3.63) is 40.8 Å². The molecule has 0 saturated carbocycles. The zero-order valence-electron chi connectivity index (χ0n) is 13.1. The van der Waals surface area contributed by atoms with Gasteiger partial charge >= 0.3 is 0 Å². The highest BCUT2D eigenvalue weighted by Gasteiger charge is 2.12. The second kappa shape index (κ2) is 6.17. The van der Waals surface area contributed by atoms with Crippen molar-refractivity contribution in [1.29, 1.82) is 0 Å². The molecule has 0 aliphatic carbocycles. The third-order valence-electron chi connectivity index (χ3n) is 3.38. The summed E-state index contributed by atoms with van der Waals surface area (Å²) in [7, 11) is 0. The Labute approximate surface area is 138 Å². The van der Waals surface area contributed by atoms with Crippen molar-refractivity contribution in [2.75, 3.05) is 16.4 Å². The average molecular weight is 327 g/mol. The van der Waals surface area contributed by atoms with Crippen LogP contribution in [-0.2, 0) is 0 Å². The van der Waals surface area contributed by atoms with Gasteiger partial charge in [-0.1, -0.05) is 6.07 Å². The number of thiazole rings is 1. The van der Waals surface area contributed by atoms with Crippen molar-refractivity contribution in [2.45, 2.75) is 20.8 Å². The number of aryl methyl sites for hydroxylation is 3. The van der Waals surface area contributed by atoms with Gasteiger partial charge in [0.25, 0.3) is 0 Å². The van der Waals surface area contributed by atoms with Gasteiger partial charge in [0.2, 0.25) is 0 Å². The first-order valence-electron chi connectivity index (χ1n) is 7.04. The van der Waals surface area contributed by atoms with Gasteiger partial charge in [0.15, 0.2) is 16.8 Å². The number of aromatic nitrogens is 4. The molecule has 0 unspecified atom stereocenters. The molecule has 0 bridgehead atoms. The van der Waals surface area contributed by atoms with E-state index in [4.69, 9.17) is 5.73 Å². The molecule has 7 nitrogen and oxygen atoms in total. The van der Waals surface area contributed by atoms with E-state index < -0.39 is 0 Å². The van der Waals surface area contributed by atoms with Crippen LogP contribution in [0.5, 0.6) is 0 Å². The van der Waals surface area contributed by atoms with E-state index in [1.54, 1.807) is 17.5 Å². The molecule has 8 heteroatoms. The second-order valence-electron chi connectivity index (χ2n) is 5.06. The fourth-order valence-corrected chi connectivity index (χ4v) is 2.76. The number of rotatable bonds is 4. The molecule has 23 heavy (non-hydrogen) atoms. The van der Waals surface area contributed by atoms with Crippen LogP contribution in [0.15, 0.2) is 24.7 Å². The molecule has 0 aliphatic heterocycles. The Morgan fingerprint density at radius 2 is 1.74 bits per heavy atom. The van der Waals surface area contributed by atoms with Crippen molar-refractivity contribution >= 4 is 39.6 Å². The molecule has 0 saturated heterocycles. The van der Waals surface area contributed by atoms with Gasteiger partial charge in [-0.05, 0) is 32.4 Å². The van der Waals surface area contributed by atoms with Crippen LogP contribution >= 0.6 is 11.3 Å². The van der Waals surface area contributed by atoms with Gasteiger partial charge in [-0.3, -0.25) is 0 Å². The van der Waals surface area contributed by atoms with E-state index in [1.165, 1.54) is 6.33 Å². The van der Waals surface area contributed by atoms with Gasteiger partial charge < -0.3 is 16.4 Å². The molecule has 0 aromatic carbocycles. The molecule has 4 N–H and O–H groups in total. The van der Waals surface area contributed by atoms with E-state index in [-0.39, 0.29) is 0 Å². The molecule has 0 spiro atoms. The van der Waals surface area contributed by atoms with Gasteiger partial charge in [0.1, 0.15) is 17.8 Å². The summed E-state index contributed by atoms with van der Waals surface area (Å²) in [6.07, 6.45) is 3.17. The summed E-state index contributed by atoms with van der Waals surface area (Å²) in [5.41, 5.74) is 8.59. The Bertz CT molecular complexity index is 824. The first kappa shape index (κ1) is 15.2. The van der Waals surface area contributed by atoms with Crippen LogP contribution in [-0.4, -0.2) is 19.9 Å². The second-order valence-corrected chi connectivity index (χ2v) is 6.27. The first-order valence-corrected chi connectivity index (χ1v) is 7.86. The van der Waals surface area contributed by atoms with Gasteiger partial charge in [-0.15, -0.1) is 11.3 Å². The molecule has 0 aliphatic rings. The summed E-state index contributed by atoms with van der Waals surface area (Å²) in [4.78, 5) is 18.3. The van der Waals surface area contributed by atoms with Gasteiger partial charge in [0, 0.05) is 11.1 Å². The largest absolute Gasteiger partial charge is 0.393 e. The monoisotopic (exact) mass is 327 g/mol. The highest BCUT2D eigenvalue weighted by atomic mass is 32.1. The van der Waals surface area contributed by atoms with E-state index in [1.807, 2.05) is 32.9 Å². The molecular weight excluding hydrogens is 310 g/mol. The minimum atomic E-state index is 0.419. The molecule has 3 heterocycles. The summed E-state index contributed by atoms with van der Waals surface area (Å²) in [6.45, 7) is 5.96. The smallest absolute Gasteiger partial charge is 0.188 e. The number of pyridine rings is 1. The van der Waals surface area contributed by atoms with Gasteiger partial charge in [-0.2, -0.15) is 0 Å². The third kappa shape index (κ3) is 3.21. The summed E-state index contributed by atoms with van der Waals surface area (Å²) >= 11 is 1.56. The predicted octanol–water partition coefficient (Wildman–Crippen LogP) is 3.32. The van der Waals surface area contributed by atoms with Gasteiger partial charge in [0.05, 0.1) is 5.69 Å². The van der Waals surface area contributed by atoms with Crippen LogP contribution in [0.2, 0.25) is 0 Å². The van der Waals surface area contributed by atoms with E-state index in [9.17, 15) is 0 Å². The topological polar surface area (TPSA) is 102 Å². The quantitative estimate of drug-likeness (QED) is 0.675. The fraction of sp³-hybridized carbons (Fsp3) is 0.200. The van der Waals surface area contributed by atoms with Crippen LogP contribution < -0.4 is 16.4 Å². The molecule has 3 aromatic heterocycles.